The van der Waals surface area contributed by atoms with Crippen molar-refractivity contribution in [2.24, 2.45) is 0 Å². The minimum Gasteiger partial charge on any atom is -0.389 e. The van der Waals surface area contributed by atoms with Crippen LogP contribution in [0.3, 0.4) is 0 Å². The maximum absolute atomic E-state index is 12.6. The second-order valence-corrected chi connectivity index (χ2v) is 7.21. The summed E-state index contributed by atoms with van der Waals surface area (Å²) < 4.78 is 7.55. The van der Waals surface area contributed by atoms with Crippen LogP contribution in [0.5, 0.6) is 0 Å². The average molecular weight is 401 g/mol. The number of rotatable bonds is 7. The molecule has 0 amide bonds. The standard InChI is InChI=1S/C24H23N3O3/c1-17-8-5-6-11-20(17)22(18-9-3-2-4-10-18)30-15-19(28)14-27-16-26-23-21(24(27)29)12-7-13-25-23/h2-13,16,19,22,28H,14-15H2,1H3. The van der Waals surface area contributed by atoms with Crippen LogP contribution in [0.2, 0.25) is 0 Å². The van der Waals surface area contributed by atoms with E-state index in [4.69, 9.17) is 4.74 Å². The minimum atomic E-state index is -0.867. The minimum absolute atomic E-state index is 0.0748. The van der Waals surface area contributed by atoms with Crippen LogP contribution in [0.4, 0.5) is 0 Å². The second kappa shape index (κ2) is 8.98. The summed E-state index contributed by atoms with van der Waals surface area (Å²) in [7, 11) is 0. The molecule has 6 heteroatoms. The molecule has 0 aliphatic carbocycles. The van der Waals surface area contributed by atoms with E-state index in [1.807, 2.05) is 61.5 Å². The zero-order valence-corrected chi connectivity index (χ0v) is 16.7. The number of benzene rings is 2. The van der Waals surface area contributed by atoms with Gasteiger partial charge in [-0.2, -0.15) is 0 Å². The molecule has 0 saturated carbocycles. The Balaban J connectivity index is 1.52. The molecule has 0 spiro atoms. The smallest absolute Gasteiger partial charge is 0.262 e. The van der Waals surface area contributed by atoms with E-state index >= 15 is 0 Å². The highest BCUT2D eigenvalue weighted by Gasteiger charge is 2.19. The van der Waals surface area contributed by atoms with Crippen molar-refractivity contribution < 1.29 is 9.84 Å². The van der Waals surface area contributed by atoms with Crippen molar-refractivity contribution in [1.29, 1.82) is 0 Å². The van der Waals surface area contributed by atoms with Crippen LogP contribution in [0.1, 0.15) is 22.8 Å². The first-order valence-corrected chi connectivity index (χ1v) is 9.84. The molecule has 2 aromatic carbocycles. The highest BCUT2D eigenvalue weighted by atomic mass is 16.5. The maximum Gasteiger partial charge on any atom is 0.262 e. The number of nitrogens with zero attached hydrogens (tertiary/aromatic N) is 3. The molecule has 2 heterocycles. The third-order valence-electron chi connectivity index (χ3n) is 5.03. The Bertz CT molecular complexity index is 1190. The molecule has 0 radical (unpaired) electrons. The van der Waals surface area contributed by atoms with Gasteiger partial charge in [0, 0.05) is 6.20 Å². The summed E-state index contributed by atoms with van der Waals surface area (Å²) in [5.74, 6) is 0. The zero-order chi connectivity index (χ0) is 20.9. The molecule has 0 bridgehead atoms. The molecule has 2 unspecified atom stereocenters. The summed E-state index contributed by atoms with van der Waals surface area (Å²) >= 11 is 0. The number of aliphatic hydroxyl groups is 1. The number of fused-ring (bicyclic) bond motifs is 1. The first kappa shape index (κ1) is 19.9. The molecular formula is C24H23N3O3. The van der Waals surface area contributed by atoms with Crippen LogP contribution in [-0.2, 0) is 11.3 Å². The van der Waals surface area contributed by atoms with Crippen LogP contribution in [0, 0.1) is 6.92 Å². The molecule has 30 heavy (non-hydrogen) atoms. The Morgan fingerprint density at radius 1 is 1.00 bits per heavy atom. The van der Waals surface area contributed by atoms with Gasteiger partial charge in [-0.05, 0) is 35.7 Å². The molecule has 1 N–H and O–H groups in total. The maximum atomic E-state index is 12.6. The Kier molecular flexibility index (Phi) is 5.97. The Morgan fingerprint density at radius 3 is 2.57 bits per heavy atom. The monoisotopic (exact) mass is 401 g/mol. The predicted molar refractivity (Wildman–Crippen MR) is 115 cm³/mol. The van der Waals surface area contributed by atoms with Crippen LogP contribution < -0.4 is 5.56 Å². The van der Waals surface area contributed by atoms with Crippen LogP contribution in [0.15, 0.2) is 84.0 Å². The highest BCUT2D eigenvalue weighted by Crippen LogP contribution is 2.28. The van der Waals surface area contributed by atoms with E-state index in [1.165, 1.54) is 10.9 Å². The fraction of sp³-hybridized carbons (Fsp3) is 0.208. The van der Waals surface area contributed by atoms with Crippen molar-refractivity contribution >= 4 is 11.0 Å². The van der Waals surface area contributed by atoms with Gasteiger partial charge in [-0.1, -0.05) is 54.6 Å². The number of ether oxygens (including phenoxy) is 1. The lowest BCUT2D eigenvalue weighted by molar-refractivity contribution is -0.00119. The normalized spacial score (nSPS) is 13.3. The van der Waals surface area contributed by atoms with E-state index in [2.05, 4.69) is 9.97 Å². The zero-order valence-electron chi connectivity index (χ0n) is 16.7. The van der Waals surface area contributed by atoms with E-state index in [1.54, 1.807) is 18.3 Å². The lowest BCUT2D eigenvalue weighted by atomic mass is 9.97. The van der Waals surface area contributed by atoms with Crippen LogP contribution in [-0.4, -0.2) is 32.4 Å². The molecule has 2 atom stereocenters. The third-order valence-corrected chi connectivity index (χ3v) is 5.03. The van der Waals surface area contributed by atoms with Gasteiger partial charge in [-0.25, -0.2) is 9.97 Å². The van der Waals surface area contributed by atoms with Crippen molar-refractivity contribution in [3.63, 3.8) is 0 Å². The quantitative estimate of drug-likeness (QED) is 0.514. The van der Waals surface area contributed by atoms with Gasteiger partial charge in [0.25, 0.3) is 5.56 Å². The number of aliphatic hydroxyl groups excluding tert-OH is 1. The SMILES string of the molecule is Cc1ccccc1C(OCC(O)Cn1cnc2ncccc2c1=O)c1ccccc1. The summed E-state index contributed by atoms with van der Waals surface area (Å²) in [5, 5.41) is 11.0. The molecule has 0 aliphatic rings. The van der Waals surface area contributed by atoms with Gasteiger partial charge in [0.2, 0.25) is 0 Å². The van der Waals surface area contributed by atoms with Crippen molar-refractivity contribution in [3.05, 3.63) is 106 Å². The highest BCUT2D eigenvalue weighted by molar-refractivity contribution is 5.72. The summed E-state index contributed by atoms with van der Waals surface area (Å²) in [5.41, 5.74) is 3.34. The fourth-order valence-electron chi connectivity index (χ4n) is 3.49. The third kappa shape index (κ3) is 4.30. The van der Waals surface area contributed by atoms with Crippen molar-refractivity contribution in [1.82, 2.24) is 14.5 Å². The Labute approximate surface area is 174 Å². The molecule has 152 valence electrons. The van der Waals surface area contributed by atoms with E-state index in [9.17, 15) is 9.90 Å². The lowest BCUT2D eigenvalue weighted by Gasteiger charge is -2.22. The topological polar surface area (TPSA) is 77.2 Å². The fourth-order valence-corrected chi connectivity index (χ4v) is 3.49. The number of pyridine rings is 1. The van der Waals surface area contributed by atoms with Gasteiger partial charge in [-0.3, -0.25) is 9.36 Å². The first-order valence-electron chi connectivity index (χ1n) is 9.84. The molecular weight excluding hydrogens is 378 g/mol. The molecule has 2 aromatic heterocycles. The first-order chi connectivity index (χ1) is 14.6. The van der Waals surface area contributed by atoms with Crippen LogP contribution in [0.25, 0.3) is 11.0 Å². The summed E-state index contributed by atoms with van der Waals surface area (Å²) in [6.45, 7) is 2.21. The average Bonchev–Trinajstić information content (AvgIpc) is 2.78. The largest absolute Gasteiger partial charge is 0.389 e. The molecule has 0 aliphatic heterocycles. The van der Waals surface area contributed by atoms with Crippen molar-refractivity contribution in [3.8, 4) is 0 Å². The van der Waals surface area contributed by atoms with Gasteiger partial charge in [0.1, 0.15) is 12.4 Å². The Hall–Kier alpha value is -3.35. The van der Waals surface area contributed by atoms with E-state index in [0.29, 0.717) is 11.0 Å². The molecule has 0 saturated heterocycles. The van der Waals surface area contributed by atoms with Gasteiger partial charge >= 0.3 is 0 Å². The molecule has 6 nitrogen and oxygen atoms in total. The number of hydrogen-bond acceptors (Lipinski definition) is 5. The predicted octanol–water partition coefficient (Wildman–Crippen LogP) is 3.27. The number of hydrogen-bond donors (Lipinski definition) is 1. The Morgan fingerprint density at radius 2 is 1.77 bits per heavy atom. The number of aryl methyl sites for hydroxylation is 1. The van der Waals surface area contributed by atoms with Gasteiger partial charge in [-0.15, -0.1) is 0 Å². The summed E-state index contributed by atoms with van der Waals surface area (Å²) in [4.78, 5) is 20.9. The second-order valence-electron chi connectivity index (χ2n) is 7.21. The van der Waals surface area contributed by atoms with Crippen molar-refractivity contribution in [2.45, 2.75) is 25.7 Å². The van der Waals surface area contributed by atoms with E-state index in [-0.39, 0.29) is 24.8 Å². The van der Waals surface area contributed by atoms with E-state index in [0.717, 1.165) is 16.7 Å². The summed E-state index contributed by atoms with van der Waals surface area (Å²) in [6, 6.07) is 21.3. The van der Waals surface area contributed by atoms with Crippen LogP contribution >= 0.6 is 0 Å². The molecule has 0 fully saturated rings. The van der Waals surface area contributed by atoms with Gasteiger partial charge < -0.3 is 9.84 Å². The van der Waals surface area contributed by atoms with Crippen molar-refractivity contribution in [2.75, 3.05) is 6.61 Å². The lowest BCUT2D eigenvalue weighted by Crippen LogP contribution is -2.30. The summed E-state index contributed by atoms with van der Waals surface area (Å²) in [6.07, 6.45) is 1.83. The van der Waals surface area contributed by atoms with E-state index < -0.39 is 6.10 Å². The molecule has 4 aromatic rings. The molecule has 4 rings (SSSR count). The van der Waals surface area contributed by atoms with Gasteiger partial charge in [0.15, 0.2) is 5.65 Å². The number of aromatic nitrogens is 3. The van der Waals surface area contributed by atoms with Gasteiger partial charge in [0.05, 0.1) is 24.6 Å².